The van der Waals surface area contributed by atoms with Gasteiger partial charge in [0.15, 0.2) is 0 Å². The van der Waals surface area contributed by atoms with Gasteiger partial charge in [0.05, 0.1) is 75.6 Å². The fourth-order valence-corrected chi connectivity index (χ4v) is 18.1. The van der Waals surface area contributed by atoms with Crippen LogP contribution in [-0.2, 0) is 33.8 Å². The van der Waals surface area contributed by atoms with Crippen molar-refractivity contribution in [1.29, 1.82) is 0 Å². The molecule has 0 aliphatic carbocycles. The van der Waals surface area contributed by atoms with Crippen molar-refractivity contribution in [1.82, 2.24) is 15.0 Å². The average molecular weight is 1120 g/mol. The highest BCUT2D eigenvalue weighted by Gasteiger charge is 2.58. The second-order valence-electron chi connectivity index (χ2n) is 26.1. The number of para-hydroxylation sites is 3. The van der Waals surface area contributed by atoms with E-state index in [9.17, 15) is 0 Å². The van der Waals surface area contributed by atoms with Gasteiger partial charge in [0.25, 0.3) is 0 Å². The van der Waals surface area contributed by atoms with Gasteiger partial charge in [-0.25, -0.2) is 0 Å². The molecule has 4 aromatic carbocycles. The smallest absolute Gasteiger partial charge is 0.135 e. The third-order valence-electron chi connectivity index (χ3n) is 21.8. The summed E-state index contributed by atoms with van der Waals surface area (Å²) in [7, 11) is 0. The van der Waals surface area contributed by atoms with Crippen LogP contribution >= 0.6 is 0 Å². The van der Waals surface area contributed by atoms with E-state index in [-0.39, 0.29) is 36.4 Å². The van der Waals surface area contributed by atoms with Gasteiger partial charge in [-0.15, -0.1) is 39.5 Å². The maximum atomic E-state index is 7.16. The summed E-state index contributed by atoms with van der Waals surface area (Å²) in [6.45, 7) is 36.7. The minimum absolute atomic E-state index is 0.144. The molecule has 3 aromatic heterocycles. The lowest BCUT2D eigenvalue weighted by Crippen LogP contribution is -2.68. The summed E-state index contributed by atoms with van der Waals surface area (Å²) >= 11 is 0. The van der Waals surface area contributed by atoms with E-state index in [1.54, 1.807) is 0 Å². The van der Waals surface area contributed by atoms with Crippen molar-refractivity contribution in [3.8, 4) is 0 Å². The number of benzene rings is 4. The number of hydrogen-bond acceptors (Lipinski definition) is 6. The Hall–Kier alpha value is -6.69. The highest BCUT2D eigenvalue weighted by Crippen LogP contribution is 2.53. The third kappa shape index (κ3) is 10.4. The Balaban J connectivity index is 0.963. The van der Waals surface area contributed by atoms with Crippen LogP contribution in [0.3, 0.4) is 0 Å². The second-order valence-corrected chi connectivity index (χ2v) is 26.1. The predicted molar refractivity (Wildman–Crippen MR) is 340 cm³/mol. The number of nitrogens with zero attached hydrogens (tertiary/aromatic N) is 6. The number of quaternary nitrogens is 3. The number of piperidine rings is 9. The predicted octanol–water partition coefficient (Wildman–Crippen LogP) is 14.9. The first-order valence-corrected chi connectivity index (χ1v) is 31.5. The van der Waals surface area contributed by atoms with Gasteiger partial charge in [-0.1, -0.05) is 91.1 Å². The molecule has 0 spiro atoms. The van der Waals surface area contributed by atoms with Crippen molar-refractivity contribution in [2.24, 2.45) is 35.5 Å². The molecular formula is C75H87N6O3+3. The van der Waals surface area contributed by atoms with Crippen LogP contribution in [0.2, 0.25) is 0 Å². The summed E-state index contributed by atoms with van der Waals surface area (Å²) in [5, 5.41) is 3.51. The molecule has 84 heavy (non-hydrogen) atoms. The molecule has 9 unspecified atom stereocenters. The van der Waals surface area contributed by atoms with Crippen molar-refractivity contribution in [3.05, 3.63) is 237 Å². The van der Waals surface area contributed by atoms with Gasteiger partial charge in [-0.05, 0) is 89.0 Å². The van der Waals surface area contributed by atoms with E-state index < -0.39 is 0 Å². The first-order chi connectivity index (χ1) is 41.2. The van der Waals surface area contributed by atoms with E-state index in [2.05, 4.69) is 167 Å². The van der Waals surface area contributed by atoms with Crippen molar-refractivity contribution < 1.29 is 27.7 Å². The second kappa shape index (κ2) is 24.0. The van der Waals surface area contributed by atoms with Crippen LogP contribution in [0.1, 0.15) is 90.2 Å². The first-order valence-electron chi connectivity index (χ1n) is 31.5. The first kappa shape index (κ1) is 56.4. The number of hydrogen-bond donors (Lipinski definition) is 0. The summed E-state index contributed by atoms with van der Waals surface area (Å²) in [5.41, 5.74) is 11.0. The van der Waals surface area contributed by atoms with Crippen molar-refractivity contribution >= 4 is 32.7 Å². The van der Waals surface area contributed by atoms with Gasteiger partial charge < -0.3 is 27.7 Å². The molecule has 6 bridgehead atoms. The maximum absolute atomic E-state index is 7.16. The van der Waals surface area contributed by atoms with Gasteiger partial charge in [-0.3, -0.25) is 15.0 Å². The molecule has 0 amide bonds. The lowest BCUT2D eigenvalue weighted by molar-refractivity contribution is -0.986. The molecule has 9 nitrogen and oxygen atoms in total. The van der Waals surface area contributed by atoms with Crippen LogP contribution < -0.4 is 0 Å². The lowest BCUT2D eigenvalue weighted by atomic mass is 9.70. The molecule has 7 aromatic rings. The molecule has 15 atom stereocenters. The van der Waals surface area contributed by atoms with Gasteiger partial charge in [0, 0.05) is 108 Å². The summed E-state index contributed by atoms with van der Waals surface area (Å²) in [6.07, 6.45) is 24.9. The molecule has 12 heterocycles. The van der Waals surface area contributed by atoms with Crippen LogP contribution in [0.25, 0.3) is 32.7 Å². The van der Waals surface area contributed by atoms with E-state index >= 15 is 0 Å². The standard InChI is InChI=1S/C75H87N6O3/c1-7-37-82-73(64-25-31-76-67-22-16-13-19-61(64)67)70-43-58-28-34-79(70,49-55(58)10-4)46-52-40-53(47-80-35-29-59(56(11-5)50-80)44-71(80)74(83-38-8-2)65-26-32-77-68-23-17-14-20-62(65)68)42-54(41-52)48-81-36-30-60(57(12-6)51-81)45-72(81)75(84-39-9-3)66-27-33-78-69-24-18-15-21-63(66)69/h7-27,31-33,40-42,55-60,70-75H,1-6,28-30,34-39,43-51H2/q+3/t55?,56?,57?,58?,59?,60?,70-,71-,72-,73+,74+,75+,79?,80?,81?/m0/s1. The molecule has 0 N–H and O–H groups in total. The van der Waals surface area contributed by atoms with Gasteiger partial charge in [-0.2, -0.15) is 0 Å². The molecule has 432 valence electrons. The van der Waals surface area contributed by atoms with Crippen LogP contribution in [0, 0.1) is 35.5 Å². The summed E-state index contributed by atoms with van der Waals surface area (Å²) in [4.78, 5) is 14.6. The van der Waals surface area contributed by atoms with Crippen LogP contribution in [-0.4, -0.2) is 106 Å². The quantitative estimate of drug-likeness (QED) is 0.0444. The number of ether oxygens (including phenoxy) is 3. The number of rotatable bonds is 24. The molecule has 9 heteroatoms. The van der Waals surface area contributed by atoms with E-state index in [1.165, 1.54) is 68.8 Å². The van der Waals surface area contributed by atoms with Crippen LogP contribution in [0.5, 0.6) is 0 Å². The molecule has 0 saturated carbocycles. The number of pyridine rings is 3. The fourth-order valence-electron chi connectivity index (χ4n) is 18.1. The molecule has 9 saturated heterocycles. The lowest BCUT2D eigenvalue weighted by Gasteiger charge is -2.59. The summed E-state index contributed by atoms with van der Waals surface area (Å²) in [5.74, 6) is 2.94. The Morgan fingerprint density at radius 1 is 0.417 bits per heavy atom. The molecule has 16 rings (SSSR count). The van der Waals surface area contributed by atoms with E-state index in [1.807, 2.05) is 36.8 Å². The molecular weight excluding hydrogens is 1030 g/mol. The van der Waals surface area contributed by atoms with Gasteiger partial charge >= 0.3 is 0 Å². The van der Waals surface area contributed by atoms with Crippen molar-refractivity contribution in [3.63, 3.8) is 0 Å². The fraction of sp³-hybridized carbons (Fsp3) is 0.400. The Morgan fingerprint density at radius 3 is 1.00 bits per heavy atom. The normalized spacial score (nSPS) is 30.6. The Morgan fingerprint density at radius 2 is 0.714 bits per heavy atom. The Labute approximate surface area is 499 Å². The van der Waals surface area contributed by atoms with Crippen LogP contribution in [0.4, 0.5) is 0 Å². The molecule has 9 aliphatic rings. The maximum Gasteiger partial charge on any atom is 0.135 e. The minimum atomic E-state index is -0.144. The van der Waals surface area contributed by atoms with E-state index in [4.69, 9.17) is 29.2 Å². The Bertz CT molecular complexity index is 3200. The topological polar surface area (TPSA) is 66.4 Å². The van der Waals surface area contributed by atoms with Crippen molar-refractivity contribution in [2.75, 3.05) is 59.1 Å². The zero-order chi connectivity index (χ0) is 57.4. The van der Waals surface area contributed by atoms with E-state index in [0.29, 0.717) is 55.3 Å². The van der Waals surface area contributed by atoms with E-state index in [0.717, 1.165) is 108 Å². The Kier molecular flexibility index (Phi) is 16.1. The van der Waals surface area contributed by atoms with Crippen molar-refractivity contribution in [2.45, 2.75) is 94.6 Å². The zero-order valence-electron chi connectivity index (χ0n) is 49.4. The van der Waals surface area contributed by atoms with Gasteiger partial charge in [0.2, 0.25) is 0 Å². The minimum Gasteiger partial charge on any atom is -0.363 e. The highest BCUT2D eigenvalue weighted by molar-refractivity contribution is 5.84. The average Bonchev–Trinajstić information content (AvgIpc) is 2.16. The number of fused-ring (bicyclic) bond motifs is 12. The largest absolute Gasteiger partial charge is 0.363 e. The SMILES string of the molecule is C=CCO[C@H](c1ccnc2ccccc12)[C@@H]1CC2CC[N+]1(Cc1cc(C[N+]34CCC(C[C@H]3[C@H](OCC=C)c3ccnc5ccccc35)C(C=C)C4)cc(C[N+]34CCC(C[C@H]3[C@H](OCC=C)c3ccnc5ccccc35)C(C=C)C4)c1)CC2C=C. The molecule has 9 fully saturated rings. The molecule has 0 radical (unpaired) electrons. The highest BCUT2D eigenvalue weighted by atomic mass is 16.5. The van der Waals surface area contributed by atoms with Gasteiger partial charge in [0.1, 0.15) is 56.1 Å². The number of aromatic nitrogens is 3. The zero-order valence-corrected chi connectivity index (χ0v) is 49.4. The summed E-state index contributed by atoms with van der Waals surface area (Å²) < 4.78 is 24.3. The monoisotopic (exact) mass is 1120 g/mol. The third-order valence-corrected chi connectivity index (χ3v) is 21.8. The molecule has 9 aliphatic heterocycles. The van der Waals surface area contributed by atoms with Crippen LogP contribution in [0.15, 0.2) is 204 Å². The summed E-state index contributed by atoms with van der Waals surface area (Å²) in [6, 6.07) is 41.1.